The summed E-state index contributed by atoms with van der Waals surface area (Å²) >= 11 is 21.5. The van der Waals surface area contributed by atoms with Crippen molar-refractivity contribution in [3.05, 3.63) is 61.5 Å². The van der Waals surface area contributed by atoms with Gasteiger partial charge in [0, 0.05) is 21.6 Å². The van der Waals surface area contributed by atoms with E-state index in [0.717, 1.165) is 5.56 Å². The van der Waals surface area contributed by atoms with Gasteiger partial charge in [-0.3, -0.25) is 0 Å². The van der Waals surface area contributed by atoms with E-state index in [9.17, 15) is 0 Å². The highest BCUT2D eigenvalue weighted by Crippen LogP contribution is 2.37. The van der Waals surface area contributed by atoms with Crippen LogP contribution in [0.3, 0.4) is 0 Å². The first kappa shape index (κ1) is 16.9. The van der Waals surface area contributed by atoms with Gasteiger partial charge in [-0.1, -0.05) is 46.9 Å². The van der Waals surface area contributed by atoms with Crippen molar-refractivity contribution in [2.75, 3.05) is 0 Å². The summed E-state index contributed by atoms with van der Waals surface area (Å²) in [4.78, 5) is 0. The smallest absolute Gasteiger partial charge is 0.140 e. The molecule has 2 aromatic carbocycles. The van der Waals surface area contributed by atoms with Crippen molar-refractivity contribution in [2.45, 2.75) is 19.1 Å². The number of nitrogens with two attached hydrogens (primary N) is 1. The molecule has 0 aliphatic carbocycles. The number of hydrogen-bond donors (Lipinski definition) is 1. The summed E-state index contributed by atoms with van der Waals surface area (Å²) in [5, 5.41) is 1.65. The molecule has 2 atom stereocenters. The van der Waals surface area contributed by atoms with E-state index in [1.807, 2.05) is 19.1 Å². The van der Waals surface area contributed by atoms with Crippen LogP contribution in [0.25, 0.3) is 0 Å². The first-order valence-corrected chi connectivity index (χ1v) is 8.13. The third-order valence-corrected chi connectivity index (χ3v) is 4.65. The summed E-state index contributed by atoms with van der Waals surface area (Å²) in [5.74, 6) is 0.488. The van der Waals surface area contributed by atoms with Crippen molar-refractivity contribution in [1.29, 1.82) is 0 Å². The fourth-order valence-electron chi connectivity index (χ4n) is 1.86. The molecule has 0 spiro atoms. The lowest BCUT2D eigenvalue weighted by atomic mass is 10.0. The van der Waals surface area contributed by atoms with Crippen molar-refractivity contribution < 1.29 is 4.74 Å². The second-order valence-electron chi connectivity index (χ2n) is 4.65. The molecule has 0 aliphatic rings. The zero-order chi connectivity index (χ0) is 15.6. The molecule has 2 nitrogen and oxygen atoms in total. The fraction of sp³-hybridized carbons (Fsp3) is 0.200. The summed E-state index contributed by atoms with van der Waals surface area (Å²) < 4.78 is 6.68. The Kier molecular flexibility index (Phi) is 5.81. The highest BCUT2D eigenvalue weighted by molar-refractivity contribution is 9.10. The van der Waals surface area contributed by atoms with E-state index in [-0.39, 0.29) is 12.1 Å². The highest BCUT2D eigenvalue weighted by Gasteiger charge is 2.20. The lowest BCUT2D eigenvalue weighted by molar-refractivity contribution is 0.180. The molecule has 0 aromatic heterocycles. The molecular formula is C15H13BrCl3NO. The monoisotopic (exact) mass is 407 g/mol. The standard InChI is InChI=1S/C15H13BrCl3NO/c1-8(20)15(9-2-4-10(17)5-3-9)21-14-7-12(18)11(16)6-13(14)19/h2-8,15H,20H2,1H3. The van der Waals surface area contributed by atoms with Crippen LogP contribution in [0, 0.1) is 0 Å². The van der Waals surface area contributed by atoms with Gasteiger partial charge in [-0.25, -0.2) is 0 Å². The van der Waals surface area contributed by atoms with E-state index in [2.05, 4.69) is 15.9 Å². The number of ether oxygens (including phenoxy) is 1. The van der Waals surface area contributed by atoms with Crippen molar-refractivity contribution in [1.82, 2.24) is 0 Å². The van der Waals surface area contributed by atoms with Gasteiger partial charge in [0.05, 0.1) is 10.0 Å². The molecule has 2 aromatic rings. The first-order valence-electron chi connectivity index (χ1n) is 6.20. The van der Waals surface area contributed by atoms with E-state index in [0.29, 0.717) is 25.3 Å². The molecule has 0 radical (unpaired) electrons. The normalized spacial score (nSPS) is 13.8. The number of rotatable bonds is 4. The third-order valence-electron chi connectivity index (χ3n) is 2.90. The average Bonchev–Trinajstić information content (AvgIpc) is 2.42. The Labute approximate surface area is 147 Å². The van der Waals surface area contributed by atoms with Crippen LogP contribution < -0.4 is 10.5 Å². The fourth-order valence-corrected chi connectivity index (χ4v) is 2.83. The second kappa shape index (κ2) is 7.21. The van der Waals surface area contributed by atoms with Gasteiger partial charge in [0.1, 0.15) is 11.9 Å². The molecule has 0 fully saturated rings. The number of benzene rings is 2. The summed E-state index contributed by atoms with van der Waals surface area (Å²) in [7, 11) is 0. The molecule has 6 heteroatoms. The van der Waals surface area contributed by atoms with E-state index in [1.165, 1.54) is 0 Å². The van der Waals surface area contributed by atoms with Gasteiger partial charge in [-0.2, -0.15) is 0 Å². The number of halogens is 4. The Hall–Kier alpha value is -0.450. The quantitative estimate of drug-likeness (QED) is 0.640. The van der Waals surface area contributed by atoms with E-state index >= 15 is 0 Å². The van der Waals surface area contributed by atoms with Crippen LogP contribution in [0.4, 0.5) is 0 Å². The minimum absolute atomic E-state index is 0.232. The predicted molar refractivity (Wildman–Crippen MR) is 92.6 cm³/mol. The zero-order valence-corrected chi connectivity index (χ0v) is 15.0. The molecule has 0 aliphatic heterocycles. The Morgan fingerprint density at radius 2 is 1.67 bits per heavy atom. The van der Waals surface area contributed by atoms with Crippen LogP contribution in [-0.2, 0) is 0 Å². The summed E-state index contributed by atoms with van der Waals surface area (Å²) in [5.41, 5.74) is 6.95. The topological polar surface area (TPSA) is 35.2 Å². The molecule has 0 bridgehead atoms. The van der Waals surface area contributed by atoms with E-state index < -0.39 is 0 Å². The molecule has 112 valence electrons. The van der Waals surface area contributed by atoms with Crippen molar-refractivity contribution >= 4 is 50.7 Å². The summed E-state index contributed by atoms with van der Waals surface area (Å²) in [6.07, 6.45) is -0.350. The maximum atomic E-state index is 6.19. The van der Waals surface area contributed by atoms with Gasteiger partial charge in [0.2, 0.25) is 0 Å². The first-order chi connectivity index (χ1) is 9.88. The van der Waals surface area contributed by atoms with E-state index in [1.54, 1.807) is 24.3 Å². The third kappa shape index (κ3) is 4.27. The molecule has 0 saturated heterocycles. The van der Waals surface area contributed by atoms with Crippen molar-refractivity contribution in [3.63, 3.8) is 0 Å². The molecule has 0 saturated carbocycles. The zero-order valence-electron chi connectivity index (χ0n) is 11.1. The molecule has 2 N–H and O–H groups in total. The molecule has 21 heavy (non-hydrogen) atoms. The minimum Gasteiger partial charge on any atom is -0.482 e. The maximum Gasteiger partial charge on any atom is 0.140 e. The van der Waals surface area contributed by atoms with Crippen LogP contribution in [0.15, 0.2) is 40.9 Å². The largest absolute Gasteiger partial charge is 0.482 e. The SMILES string of the molecule is CC(N)C(Oc1cc(Cl)c(Br)cc1Cl)c1ccc(Cl)cc1. The predicted octanol–water partition coefficient (Wildman–Crippen LogP) is 5.88. The lowest BCUT2D eigenvalue weighted by Gasteiger charge is -2.24. The van der Waals surface area contributed by atoms with Crippen LogP contribution >= 0.6 is 50.7 Å². The van der Waals surface area contributed by atoms with Gasteiger partial charge < -0.3 is 10.5 Å². The van der Waals surface area contributed by atoms with Crippen LogP contribution in [0.2, 0.25) is 15.1 Å². The van der Waals surface area contributed by atoms with Crippen molar-refractivity contribution in [3.8, 4) is 5.75 Å². The Balaban J connectivity index is 2.33. The Morgan fingerprint density at radius 3 is 2.24 bits per heavy atom. The second-order valence-corrected chi connectivity index (χ2v) is 6.75. The van der Waals surface area contributed by atoms with Gasteiger partial charge in [0.25, 0.3) is 0 Å². The van der Waals surface area contributed by atoms with Gasteiger partial charge in [0.15, 0.2) is 0 Å². The van der Waals surface area contributed by atoms with Gasteiger partial charge in [-0.05, 0) is 46.6 Å². The summed E-state index contributed by atoms with van der Waals surface area (Å²) in [6.45, 7) is 1.87. The molecule has 2 unspecified atom stereocenters. The Morgan fingerprint density at radius 1 is 1.05 bits per heavy atom. The van der Waals surface area contributed by atoms with Crippen molar-refractivity contribution in [2.24, 2.45) is 5.73 Å². The summed E-state index contributed by atoms with van der Waals surface area (Å²) in [6, 6.07) is 10.5. The van der Waals surface area contributed by atoms with Crippen LogP contribution in [-0.4, -0.2) is 6.04 Å². The Bertz CT molecular complexity index is 632. The van der Waals surface area contributed by atoms with E-state index in [4.69, 9.17) is 45.3 Å². The molecule has 0 amide bonds. The van der Waals surface area contributed by atoms with Gasteiger partial charge >= 0.3 is 0 Å². The van der Waals surface area contributed by atoms with Crippen LogP contribution in [0.5, 0.6) is 5.75 Å². The molecule has 2 rings (SSSR count). The molecular weight excluding hydrogens is 396 g/mol. The highest BCUT2D eigenvalue weighted by atomic mass is 79.9. The number of hydrogen-bond acceptors (Lipinski definition) is 2. The average molecular weight is 410 g/mol. The lowest BCUT2D eigenvalue weighted by Crippen LogP contribution is -2.29. The van der Waals surface area contributed by atoms with Gasteiger partial charge in [-0.15, -0.1) is 0 Å². The maximum absolute atomic E-state index is 6.19. The van der Waals surface area contributed by atoms with Crippen LogP contribution in [0.1, 0.15) is 18.6 Å². The minimum atomic E-state index is -0.350. The molecule has 0 heterocycles.